The molecule has 3 rings (SSSR count). The van der Waals surface area contributed by atoms with Crippen molar-refractivity contribution in [2.24, 2.45) is 0 Å². The Morgan fingerprint density at radius 2 is 2.00 bits per heavy atom. The predicted molar refractivity (Wildman–Crippen MR) is 153 cm³/mol. The predicted octanol–water partition coefficient (Wildman–Crippen LogP) is 6.89. The van der Waals surface area contributed by atoms with Gasteiger partial charge in [-0.1, -0.05) is 48.7 Å². The fraction of sp³-hybridized carbons (Fsp3) is 0.379. The molecule has 0 aliphatic carbocycles. The summed E-state index contributed by atoms with van der Waals surface area (Å²) in [6.07, 6.45) is 2.14. The van der Waals surface area contributed by atoms with Gasteiger partial charge in [0, 0.05) is 38.4 Å². The average molecular weight is 563 g/mol. The number of anilines is 3. The number of rotatable bonds is 13. The molecule has 212 valence electrons. The van der Waals surface area contributed by atoms with Crippen molar-refractivity contribution in [1.29, 1.82) is 0 Å². The quantitative estimate of drug-likeness (QED) is 0.120. The molecule has 0 aromatic heterocycles. The SMILES string of the molecule is C=C(N/C(=C\C)Cc1cc(C)c2c(c1)N2F)C(=O)N(C)CCCC(OC=O)c1c(NC)ccc(Cl)c1F.CC. The van der Waals surface area contributed by atoms with Crippen LogP contribution in [0, 0.1) is 12.7 Å². The van der Waals surface area contributed by atoms with Gasteiger partial charge in [-0.25, -0.2) is 4.39 Å². The molecule has 39 heavy (non-hydrogen) atoms. The van der Waals surface area contributed by atoms with Crippen molar-refractivity contribution in [3.8, 4) is 0 Å². The van der Waals surface area contributed by atoms with Gasteiger partial charge in [0.1, 0.15) is 17.5 Å². The van der Waals surface area contributed by atoms with Crippen LogP contribution in [-0.4, -0.2) is 37.9 Å². The van der Waals surface area contributed by atoms with Gasteiger partial charge in [-0.3, -0.25) is 9.59 Å². The zero-order chi connectivity index (χ0) is 29.3. The number of nitrogens with one attached hydrogen (secondary N) is 2. The van der Waals surface area contributed by atoms with Crippen LogP contribution in [0.15, 0.2) is 48.3 Å². The van der Waals surface area contributed by atoms with Crippen LogP contribution in [0.4, 0.5) is 25.9 Å². The molecule has 7 nitrogen and oxygen atoms in total. The van der Waals surface area contributed by atoms with E-state index >= 15 is 0 Å². The minimum absolute atomic E-state index is 0.0751. The molecule has 1 unspecified atom stereocenters. The summed E-state index contributed by atoms with van der Waals surface area (Å²) in [5.74, 6) is -0.976. The van der Waals surface area contributed by atoms with Crippen LogP contribution in [0.25, 0.3) is 0 Å². The highest BCUT2D eigenvalue weighted by Gasteiger charge is 2.32. The van der Waals surface area contributed by atoms with Crippen molar-refractivity contribution in [2.45, 2.75) is 53.1 Å². The third-order valence-corrected chi connectivity index (χ3v) is 6.55. The third kappa shape index (κ3) is 7.72. The number of nitrogens with zero attached hydrogens (tertiary/aromatic N) is 2. The van der Waals surface area contributed by atoms with Gasteiger partial charge in [-0.2, -0.15) is 5.12 Å². The summed E-state index contributed by atoms with van der Waals surface area (Å²) in [5, 5.41) is 6.53. The van der Waals surface area contributed by atoms with E-state index in [-0.39, 0.29) is 35.1 Å². The maximum Gasteiger partial charge on any atom is 0.293 e. The van der Waals surface area contributed by atoms with Gasteiger partial charge in [-0.15, -0.1) is 0 Å². The summed E-state index contributed by atoms with van der Waals surface area (Å²) in [5.41, 5.74) is 4.51. The molecule has 0 saturated heterocycles. The van der Waals surface area contributed by atoms with E-state index in [1.807, 2.05) is 39.8 Å². The van der Waals surface area contributed by atoms with Gasteiger partial charge in [0.05, 0.1) is 16.3 Å². The lowest BCUT2D eigenvalue weighted by molar-refractivity contribution is -0.134. The lowest BCUT2D eigenvalue weighted by Crippen LogP contribution is -2.34. The number of amides is 1. The van der Waals surface area contributed by atoms with Crippen molar-refractivity contribution in [3.63, 3.8) is 0 Å². The standard InChI is InChI=1S/C27H31ClF2N4O3.C2H6/c1-6-19(13-18-12-16(2)26-22(14-18)34(26)30)32-17(3)27(36)33(5)11-7-8-23(37-15-35)24-21(31-4)10-9-20(28)25(24)29;1-2/h6,9-10,12,14-15,23,31-32H,3,7-8,11,13H2,1-2,4-5H3;1-2H3/b19-6-;. The number of aryl methyl sites for hydroxylation is 1. The Hall–Kier alpha value is -3.59. The van der Waals surface area contributed by atoms with E-state index in [1.54, 1.807) is 26.2 Å². The van der Waals surface area contributed by atoms with Crippen LogP contribution in [0.2, 0.25) is 5.02 Å². The lowest BCUT2D eigenvalue weighted by atomic mass is 10.0. The first-order chi connectivity index (χ1) is 18.6. The number of benzene rings is 2. The number of halogens is 3. The fourth-order valence-corrected chi connectivity index (χ4v) is 4.45. The van der Waals surface area contributed by atoms with E-state index in [0.717, 1.165) is 16.8 Å². The van der Waals surface area contributed by atoms with E-state index in [0.29, 0.717) is 41.6 Å². The molecule has 0 bridgehead atoms. The summed E-state index contributed by atoms with van der Waals surface area (Å²) in [6, 6.07) is 6.73. The third-order valence-electron chi connectivity index (χ3n) is 6.26. The smallest absolute Gasteiger partial charge is 0.293 e. The zero-order valence-electron chi connectivity index (χ0n) is 23.3. The minimum Gasteiger partial charge on any atom is -0.460 e. The minimum atomic E-state index is -0.874. The number of allylic oxidation sites excluding steroid dienone is 2. The molecule has 1 aliphatic rings. The first kappa shape index (κ1) is 31.6. The largest absolute Gasteiger partial charge is 0.460 e. The maximum absolute atomic E-state index is 14.7. The Labute approximate surface area is 234 Å². The second kappa shape index (κ2) is 14.5. The number of carbonyl (C=O) groups excluding carboxylic acids is 2. The average Bonchev–Trinajstić information content (AvgIpc) is 3.59. The Morgan fingerprint density at radius 1 is 1.31 bits per heavy atom. The van der Waals surface area contributed by atoms with Gasteiger partial charge in [0.25, 0.3) is 12.4 Å². The van der Waals surface area contributed by atoms with E-state index in [9.17, 15) is 18.5 Å². The van der Waals surface area contributed by atoms with Crippen LogP contribution in [0.5, 0.6) is 0 Å². The number of hydrogen-bond acceptors (Lipinski definition) is 6. The summed E-state index contributed by atoms with van der Waals surface area (Å²) >= 11 is 5.94. The molecule has 0 fully saturated rings. The second-order valence-electron chi connectivity index (χ2n) is 8.82. The van der Waals surface area contributed by atoms with E-state index in [1.165, 1.54) is 11.0 Å². The van der Waals surface area contributed by atoms with Gasteiger partial charge in [-0.05, 0) is 56.0 Å². The van der Waals surface area contributed by atoms with E-state index in [2.05, 4.69) is 17.2 Å². The molecule has 2 aromatic rings. The fourth-order valence-electron chi connectivity index (χ4n) is 4.28. The zero-order valence-corrected chi connectivity index (χ0v) is 24.1. The molecule has 0 radical (unpaired) electrons. The monoisotopic (exact) mass is 562 g/mol. The Morgan fingerprint density at radius 3 is 2.59 bits per heavy atom. The summed E-state index contributed by atoms with van der Waals surface area (Å²) in [4.78, 5) is 25.5. The van der Waals surface area contributed by atoms with E-state index in [4.69, 9.17) is 16.3 Å². The first-order valence-electron chi connectivity index (χ1n) is 12.8. The Kier molecular flexibility index (Phi) is 11.8. The van der Waals surface area contributed by atoms with Crippen LogP contribution < -0.4 is 15.8 Å². The molecule has 2 aromatic carbocycles. The van der Waals surface area contributed by atoms with Crippen molar-refractivity contribution < 1.29 is 23.2 Å². The number of likely N-dealkylation sites (N-methyl/N-ethyl adjacent to an activating group) is 1. The molecular weight excluding hydrogens is 526 g/mol. The van der Waals surface area contributed by atoms with Crippen LogP contribution in [-0.2, 0) is 20.7 Å². The molecule has 1 amide bonds. The topological polar surface area (TPSA) is 73.7 Å². The second-order valence-corrected chi connectivity index (χ2v) is 9.23. The molecule has 0 saturated carbocycles. The molecule has 2 N–H and O–H groups in total. The van der Waals surface area contributed by atoms with Crippen LogP contribution in [0.1, 0.15) is 56.4 Å². The number of ether oxygens (including phenoxy) is 1. The highest BCUT2D eigenvalue weighted by molar-refractivity contribution is 6.30. The number of hydrogen-bond donors (Lipinski definition) is 2. The molecule has 10 heteroatoms. The molecule has 0 spiro atoms. The van der Waals surface area contributed by atoms with Crippen LogP contribution in [0.3, 0.4) is 0 Å². The molecular formula is C29H37ClF2N4O3. The van der Waals surface area contributed by atoms with E-state index < -0.39 is 11.9 Å². The summed E-state index contributed by atoms with van der Waals surface area (Å²) in [6.45, 7) is 12.2. The van der Waals surface area contributed by atoms with Gasteiger partial charge in [0.2, 0.25) is 0 Å². The highest BCUT2D eigenvalue weighted by Crippen LogP contribution is 2.51. The summed E-state index contributed by atoms with van der Waals surface area (Å²) in [7, 11) is 3.26. The molecule has 1 heterocycles. The Balaban J connectivity index is 0.00000260. The van der Waals surface area contributed by atoms with Gasteiger partial charge < -0.3 is 20.3 Å². The molecule has 1 aliphatic heterocycles. The van der Waals surface area contributed by atoms with Crippen molar-refractivity contribution in [1.82, 2.24) is 10.2 Å². The van der Waals surface area contributed by atoms with Gasteiger partial charge >= 0.3 is 0 Å². The number of fused-ring (bicyclic) bond motifs is 1. The van der Waals surface area contributed by atoms with Crippen LogP contribution >= 0.6 is 11.6 Å². The lowest BCUT2D eigenvalue weighted by Gasteiger charge is -2.23. The highest BCUT2D eigenvalue weighted by atomic mass is 35.5. The maximum atomic E-state index is 14.7. The van der Waals surface area contributed by atoms with Crippen molar-refractivity contribution in [3.05, 3.63) is 75.8 Å². The summed E-state index contributed by atoms with van der Waals surface area (Å²) < 4.78 is 33.5. The first-order valence-corrected chi connectivity index (χ1v) is 13.2. The normalized spacial score (nSPS) is 12.4. The van der Waals surface area contributed by atoms with Crippen molar-refractivity contribution in [2.75, 3.05) is 31.1 Å². The number of carbonyl (C=O) groups is 2. The van der Waals surface area contributed by atoms with Gasteiger partial charge in [0.15, 0.2) is 5.82 Å². The Bertz CT molecular complexity index is 1240. The van der Waals surface area contributed by atoms with Crippen molar-refractivity contribution >= 4 is 41.0 Å². The molecule has 1 atom stereocenters.